The Labute approximate surface area is 199 Å². The van der Waals surface area contributed by atoms with Crippen molar-refractivity contribution in [2.24, 2.45) is 0 Å². The van der Waals surface area contributed by atoms with E-state index in [2.05, 4.69) is 34.3 Å². The quantitative estimate of drug-likeness (QED) is 0.541. The third-order valence-corrected chi connectivity index (χ3v) is 6.78. The molecule has 178 valence electrons. The summed E-state index contributed by atoms with van der Waals surface area (Å²) in [4.78, 5) is 37.6. The summed E-state index contributed by atoms with van der Waals surface area (Å²) in [5, 5.41) is 3.73. The van der Waals surface area contributed by atoms with Crippen LogP contribution < -0.4 is 15.6 Å². The molecule has 3 heterocycles. The maximum Gasteiger partial charge on any atom is 0.343 e. The van der Waals surface area contributed by atoms with Gasteiger partial charge in [-0.15, -0.1) is 0 Å². The number of hydrogen-bond donors (Lipinski definition) is 1. The topological polar surface area (TPSA) is 89.4 Å². The number of pyridine rings is 1. The van der Waals surface area contributed by atoms with E-state index < -0.39 is 11.4 Å². The molecule has 8 heteroatoms. The minimum Gasteiger partial charge on any atom is -0.462 e. The standard InChI is InChI=1S/C26H31N5O3/c1-3-12-30(20-10-11-27-14-20)26-28-15-21-23(32)22(25(33)34-4-2)16-31(24(21)29-26)19-9-8-17-6-5-7-18(17)13-19/h8-9,13,15-16,20,27H,3-7,10-12,14H2,1-2H3. The molecule has 2 aliphatic rings. The van der Waals surface area contributed by atoms with Crippen molar-refractivity contribution >= 4 is 23.0 Å². The number of carbonyl (C=O) groups excluding carboxylic acids is 1. The summed E-state index contributed by atoms with van der Waals surface area (Å²) < 4.78 is 7.03. The van der Waals surface area contributed by atoms with Crippen LogP contribution in [-0.2, 0) is 17.6 Å². The molecule has 1 fully saturated rings. The largest absolute Gasteiger partial charge is 0.462 e. The van der Waals surface area contributed by atoms with Crippen molar-refractivity contribution < 1.29 is 9.53 Å². The van der Waals surface area contributed by atoms with Crippen LogP contribution in [0.15, 0.2) is 35.4 Å². The molecule has 1 atom stereocenters. The van der Waals surface area contributed by atoms with Crippen molar-refractivity contribution in [2.75, 3.05) is 31.1 Å². The first-order valence-corrected chi connectivity index (χ1v) is 12.3. The first-order chi connectivity index (χ1) is 16.6. The summed E-state index contributed by atoms with van der Waals surface area (Å²) in [5.74, 6) is -0.0146. The number of rotatable bonds is 7. The molecule has 1 saturated heterocycles. The Morgan fingerprint density at radius 1 is 1.26 bits per heavy atom. The maximum absolute atomic E-state index is 13.3. The van der Waals surface area contributed by atoms with Crippen LogP contribution in [0.3, 0.4) is 0 Å². The average molecular weight is 462 g/mol. The van der Waals surface area contributed by atoms with Gasteiger partial charge in [0.15, 0.2) is 5.65 Å². The van der Waals surface area contributed by atoms with Crippen LogP contribution in [0.25, 0.3) is 16.7 Å². The van der Waals surface area contributed by atoms with Gasteiger partial charge in [-0.05, 0) is 68.8 Å². The van der Waals surface area contributed by atoms with E-state index in [9.17, 15) is 9.59 Å². The zero-order chi connectivity index (χ0) is 23.7. The van der Waals surface area contributed by atoms with Gasteiger partial charge in [-0.1, -0.05) is 13.0 Å². The monoisotopic (exact) mass is 461 g/mol. The lowest BCUT2D eigenvalue weighted by Crippen LogP contribution is -2.39. The van der Waals surface area contributed by atoms with E-state index >= 15 is 0 Å². The molecule has 34 heavy (non-hydrogen) atoms. The number of aryl methyl sites for hydroxylation is 2. The summed E-state index contributed by atoms with van der Waals surface area (Å²) >= 11 is 0. The van der Waals surface area contributed by atoms with E-state index in [1.807, 2.05) is 10.6 Å². The second-order valence-corrected chi connectivity index (χ2v) is 9.02. The zero-order valence-electron chi connectivity index (χ0n) is 19.8. The summed E-state index contributed by atoms with van der Waals surface area (Å²) in [6, 6.07) is 6.64. The van der Waals surface area contributed by atoms with Gasteiger partial charge < -0.3 is 19.5 Å². The van der Waals surface area contributed by atoms with Crippen molar-refractivity contribution in [3.8, 4) is 5.69 Å². The zero-order valence-corrected chi connectivity index (χ0v) is 19.8. The Kier molecular flexibility index (Phi) is 6.32. The predicted molar refractivity (Wildman–Crippen MR) is 132 cm³/mol. The molecule has 1 aromatic carbocycles. The number of anilines is 1. The van der Waals surface area contributed by atoms with Gasteiger partial charge in [-0.2, -0.15) is 4.98 Å². The number of fused-ring (bicyclic) bond motifs is 2. The predicted octanol–water partition coefficient (Wildman–Crippen LogP) is 3.02. The molecule has 0 spiro atoms. The van der Waals surface area contributed by atoms with E-state index in [1.165, 1.54) is 11.1 Å². The molecule has 0 bridgehead atoms. The molecule has 8 nitrogen and oxygen atoms in total. The highest BCUT2D eigenvalue weighted by molar-refractivity contribution is 5.93. The first kappa shape index (κ1) is 22.5. The number of hydrogen-bond acceptors (Lipinski definition) is 7. The number of nitrogens with zero attached hydrogens (tertiary/aromatic N) is 4. The van der Waals surface area contributed by atoms with Gasteiger partial charge >= 0.3 is 5.97 Å². The second kappa shape index (κ2) is 9.54. The van der Waals surface area contributed by atoms with Crippen LogP contribution in [0, 0.1) is 0 Å². The Hall–Kier alpha value is -3.26. The van der Waals surface area contributed by atoms with E-state index in [1.54, 1.807) is 19.3 Å². The van der Waals surface area contributed by atoms with Gasteiger partial charge in [0.05, 0.1) is 12.0 Å². The molecule has 1 unspecified atom stereocenters. The summed E-state index contributed by atoms with van der Waals surface area (Å²) in [7, 11) is 0. The smallest absolute Gasteiger partial charge is 0.343 e. The fourth-order valence-corrected chi connectivity index (χ4v) is 5.09. The number of aromatic nitrogens is 3. The molecule has 0 radical (unpaired) electrons. The van der Waals surface area contributed by atoms with Crippen LogP contribution in [0.1, 0.15) is 54.6 Å². The fraction of sp³-hybridized carbons (Fsp3) is 0.462. The Morgan fingerprint density at radius 3 is 2.88 bits per heavy atom. The summed E-state index contributed by atoms with van der Waals surface area (Å²) in [5.41, 5.74) is 3.65. The van der Waals surface area contributed by atoms with Crippen molar-refractivity contribution in [3.63, 3.8) is 0 Å². The highest BCUT2D eigenvalue weighted by atomic mass is 16.5. The van der Waals surface area contributed by atoms with Gasteiger partial charge in [-0.25, -0.2) is 9.78 Å². The molecule has 2 aromatic heterocycles. The highest BCUT2D eigenvalue weighted by Crippen LogP contribution is 2.27. The van der Waals surface area contributed by atoms with Crippen LogP contribution in [0.2, 0.25) is 0 Å². The van der Waals surface area contributed by atoms with E-state index in [0.29, 0.717) is 23.0 Å². The van der Waals surface area contributed by atoms with Crippen LogP contribution in [0.5, 0.6) is 0 Å². The van der Waals surface area contributed by atoms with Crippen LogP contribution >= 0.6 is 0 Å². The van der Waals surface area contributed by atoms with Crippen molar-refractivity contribution in [3.05, 3.63) is 57.5 Å². The van der Waals surface area contributed by atoms with E-state index in [4.69, 9.17) is 9.72 Å². The average Bonchev–Trinajstić information content (AvgIpc) is 3.54. The Balaban J connectivity index is 1.70. The van der Waals surface area contributed by atoms with Gasteiger partial charge in [-0.3, -0.25) is 4.79 Å². The van der Waals surface area contributed by atoms with Gasteiger partial charge in [0.25, 0.3) is 0 Å². The summed E-state index contributed by atoms with van der Waals surface area (Å²) in [6.45, 7) is 6.77. The van der Waals surface area contributed by atoms with Crippen molar-refractivity contribution in [1.29, 1.82) is 0 Å². The van der Waals surface area contributed by atoms with Crippen molar-refractivity contribution in [2.45, 2.75) is 52.0 Å². The third-order valence-electron chi connectivity index (χ3n) is 6.78. The number of ether oxygens (including phenoxy) is 1. The highest BCUT2D eigenvalue weighted by Gasteiger charge is 2.26. The number of benzene rings is 1. The SMILES string of the molecule is CCCN(c1ncc2c(=O)c(C(=O)OCC)cn(-c3ccc4c(c3)CCC4)c2n1)C1CCNC1. The minimum atomic E-state index is -0.627. The molecule has 3 aromatic rings. The number of esters is 1. The number of nitrogens with one attached hydrogen (secondary N) is 1. The van der Waals surface area contributed by atoms with Crippen LogP contribution in [0.4, 0.5) is 5.95 Å². The molecule has 1 N–H and O–H groups in total. The van der Waals surface area contributed by atoms with E-state index in [0.717, 1.165) is 57.4 Å². The normalized spacial score (nSPS) is 17.2. The van der Waals surface area contributed by atoms with E-state index in [-0.39, 0.29) is 12.2 Å². The lowest BCUT2D eigenvalue weighted by Gasteiger charge is -2.28. The first-order valence-electron chi connectivity index (χ1n) is 12.3. The second-order valence-electron chi connectivity index (χ2n) is 9.02. The lowest BCUT2D eigenvalue weighted by molar-refractivity contribution is 0.0524. The molecular formula is C26H31N5O3. The van der Waals surface area contributed by atoms with Crippen molar-refractivity contribution in [1.82, 2.24) is 19.9 Å². The number of carbonyl (C=O) groups is 1. The Bertz CT molecular complexity index is 1280. The molecule has 5 rings (SSSR count). The Morgan fingerprint density at radius 2 is 2.12 bits per heavy atom. The lowest BCUT2D eigenvalue weighted by atomic mass is 10.1. The fourth-order valence-electron chi connectivity index (χ4n) is 5.09. The minimum absolute atomic E-state index is 0.00314. The van der Waals surface area contributed by atoms with Gasteiger partial charge in [0, 0.05) is 37.2 Å². The molecule has 0 saturated carbocycles. The molecule has 1 aliphatic heterocycles. The molecular weight excluding hydrogens is 430 g/mol. The third kappa shape index (κ3) is 4.07. The molecule has 0 amide bonds. The summed E-state index contributed by atoms with van der Waals surface area (Å²) in [6.07, 6.45) is 8.41. The molecule has 1 aliphatic carbocycles. The maximum atomic E-state index is 13.3. The van der Waals surface area contributed by atoms with Gasteiger partial charge in [0.2, 0.25) is 11.4 Å². The van der Waals surface area contributed by atoms with Crippen LogP contribution in [-0.4, -0.2) is 52.8 Å². The van der Waals surface area contributed by atoms with Gasteiger partial charge in [0.1, 0.15) is 5.56 Å².